The van der Waals surface area contributed by atoms with Crippen molar-refractivity contribution in [3.05, 3.63) is 58.9 Å². The quantitative estimate of drug-likeness (QED) is 0.697. The molecule has 3 aromatic rings. The average Bonchev–Trinajstić information content (AvgIpc) is 2.91. The lowest BCUT2D eigenvalue weighted by molar-refractivity contribution is -0.141. The van der Waals surface area contributed by atoms with Crippen molar-refractivity contribution in [3.63, 3.8) is 0 Å². The van der Waals surface area contributed by atoms with E-state index in [0.29, 0.717) is 17.6 Å². The molecule has 0 radical (unpaired) electrons. The molecule has 0 saturated carbocycles. The molecule has 1 aromatic carbocycles. The van der Waals surface area contributed by atoms with Crippen LogP contribution < -0.4 is 5.32 Å². The molecule has 1 unspecified atom stereocenters. The van der Waals surface area contributed by atoms with E-state index in [1.807, 2.05) is 38.1 Å². The van der Waals surface area contributed by atoms with Crippen LogP contribution in [0.1, 0.15) is 27.2 Å². The predicted octanol–water partition coefficient (Wildman–Crippen LogP) is 2.26. The Labute approximate surface area is 157 Å². The molecule has 0 spiro atoms. The van der Waals surface area contributed by atoms with E-state index in [2.05, 4.69) is 15.4 Å². The van der Waals surface area contributed by atoms with E-state index in [1.165, 1.54) is 6.20 Å². The normalized spacial score (nSPS) is 12.1. The number of carboxylic acids is 1. The third-order valence-corrected chi connectivity index (χ3v) is 4.55. The molecule has 2 N–H and O–H groups in total. The van der Waals surface area contributed by atoms with Crippen LogP contribution in [-0.4, -0.2) is 38.3 Å². The van der Waals surface area contributed by atoms with E-state index in [9.17, 15) is 14.7 Å². The van der Waals surface area contributed by atoms with Gasteiger partial charge in [0.15, 0.2) is 5.65 Å². The van der Waals surface area contributed by atoms with Crippen LogP contribution in [0.25, 0.3) is 11.0 Å². The molecule has 140 valence electrons. The molecule has 0 aliphatic carbocycles. The van der Waals surface area contributed by atoms with E-state index in [4.69, 9.17) is 0 Å². The summed E-state index contributed by atoms with van der Waals surface area (Å²) in [4.78, 5) is 28.3. The first-order valence-corrected chi connectivity index (χ1v) is 8.71. The van der Waals surface area contributed by atoms with Crippen LogP contribution in [0.15, 0.2) is 36.5 Å². The number of aliphatic carboxylic acids is 1. The van der Waals surface area contributed by atoms with Gasteiger partial charge in [0, 0.05) is 25.2 Å². The number of hydrogen-bond donors (Lipinski definition) is 2. The first-order chi connectivity index (χ1) is 12.8. The summed E-state index contributed by atoms with van der Waals surface area (Å²) < 4.78 is 1.66. The molecule has 0 aliphatic rings. The number of rotatable bonds is 6. The number of aryl methyl sites for hydroxylation is 3. The van der Waals surface area contributed by atoms with Crippen LogP contribution in [0.3, 0.4) is 0 Å². The van der Waals surface area contributed by atoms with Crippen molar-refractivity contribution in [1.82, 2.24) is 20.1 Å². The van der Waals surface area contributed by atoms with Crippen molar-refractivity contribution in [2.45, 2.75) is 20.3 Å². The average molecular weight is 366 g/mol. The zero-order valence-electron chi connectivity index (χ0n) is 15.6. The molecular formula is C20H22N4O3. The van der Waals surface area contributed by atoms with Gasteiger partial charge in [-0.05, 0) is 31.9 Å². The van der Waals surface area contributed by atoms with E-state index in [1.54, 1.807) is 17.8 Å². The maximum Gasteiger partial charge on any atom is 0.308 e. The predicted molar refractivity (Wildman–Crippen MR) is 102 cm³/mol. The number of benzene rings is 1. The van der Waals surface area contributed by atoms with E-state index >= 15 is 0 Å². The summed E-state index contributed by atoms with van der Waals surface area (Å²) in [5, 5.41) is 17.3. The Kier molecular flexibility index (Phi) is 5.21. The molecule has 2 heterocycles. The van der Waals surface area contributed by atoms with Gasteiger partial charge in [-0.15, -0.1) is 0 Å². The minimum absolute atomic E-state index is 0.0478. The fourth-order valence-electron chi connectivity index (χ4n) is 3.12. The van der Waals surface area contributed by atoms with Crippen molar-refractivity contribution in [2.24, 2.45) is 13.0 Å². The highest BCUT2D eigenvalue weighted by Crippen LogP contribution is 2.17. The second-order valence-corrected chi connectivity index (χ2v) is 6.74. The molecule has 1 atom stereocenters. The Morgan fingerprint density at radius 2 is 2.04 bits per heavy atom. The molecule has 0 fully saturated rings. The van der Waals surface area contributed by atoms with E-state index in [0.717, 1.165) is 22.2 Å². The minimum Gasteiger partial charge on any atom is -0.481 e. The second kappa shape index (κ2) is 7.57. The van der Waals surface area contributed by atoms with Crippen LogP contribution in [0.5, 0.6) is 0 Å². The highest BCUT2D eigenvalue weighted by atomic mass is 16.4. The van der Waals surface area contributed by atoms with Crippen LogP contribution in [0, 0.1) is 19.8 Å². The van der Waals surface area contributed by atoms with Gasteiger partial charge in [0.05, 0.1) is 17.2 Å². The SMILES string of the molecule is Cc1cccc(CC(CNC(=O)c2cnc3c(c2)c(C)nn3C)C(=O)O)c1. The zero-order chi connectivity index (χ0) is 19.6. The van der Waals surface area contributed by atoms with Gasteiger partial charge in [-0.1, -0.05) is 29.8 Å². The molecule has 7 nitrogen and oxygen atoms in total. The summed E-state index contributed by atoms with van der Waals surface area (Å²) in [5.74, 6) is -1.98. The molecule has 1 amide bonds. The second-order valence-electron chi connectivity index (χ2n) is 6.74. The third-order valence-electron chi connectivity index (χ3n) is 4.55. The summed E-state index contributed by atoms with van der Waals surface area (Å²) in [6.07, 6.45) is 1.84. The lowest BCUT2D eigenvalue weighted by Gasteiger charge is -2.14. The monoisotopic (exact) mass is 366 g/mol. The number of aromatic nitrogens is 3. The van der Waals surface area contributed by atoms with Crippen LogP contribution in [0.2, 0.25) is 0 Å². The molecular weight excluding hydrogens is 344 g/mol. The number of carbonyl (C=O) groups excluding carboxylic acids is 1. The summed E-state index contributed by atoms with van der Waals surface area (Å²) >= 11 is 0. The maximum absolute atomic E-state index is 12.5. The van der Waals surface area contributed by atoms with Crippen LogP contribution >= 0.6 is 0 Å². The number of carboxylic acid groups (broad SMARTS) is 1. The van der Waals surface area contributed by atoms with Gasteiger partial charge in [-0.25, -0.2) is 4.98 Å². The molecule has 0 bridgehead atoms. The van der Waals surface area contributed by atoms with Gasteiger partial charge >= 0.3 is 5.97 Å². The minimum atomic E-state index is -0.937. The largest absolute Gasteiger partial charge is 0.481 e. The standard InChI is InChI=1S/C20H22N4O3/c1-12-5-4-6-14(7-12)8-16(20(26)27)11-22-19(25)15-9-17-13(2)23-24(3)18(17)21-10-15/h4-7,9-10,16H,8,11H2,1-3H3,(H,22,25)(H,26,27). The van der Waals surface area contributed by atoms with Crippen molar-refractivity contribution in [1.29, 1.82) is 0 Å². The Morgan fingerprint density at radius 1 is 1.26 bits per heavy atom. The zero-order valence-corrected chi connectivity index (χ0v) is 15.6. The lowest BCUT2D eigenvalue weighted by Crippen LogP contribution is -2.34. The molecule has 27 heavy (non-hydrogen) atoms. The summed E-state index contributed by atoms with van der Waals surface area (Å²) in [5.41, 5.74) is 3.89. The van der Waals surface area contributed by atoms with Gasteiger partial charge in [-0.2, -0.15) is 5.10 Å². The van der Waals surface area contributed by atoms with Crippen LogP contribution in [-0.2, 0) is 18.3 Å². The third kappa shape index (κ3) is 4.13. The number of amides is 1. The Balaban J connectivity index is 1.70. The summed E-state index contributed by atoms with van der Waals surface area (Å²) in [6, 6.07) is 9.45. The van der Waals surface area contributed by atoms with Crippen LogP contribution in [0.4, 0.5) is 0 Å². The number of pyridine rings is 1. The number of fused-ring (bicyclic) bond motifs is 1. The van der Waals surface area contributed by atoms with Gasteiger partial charge in [0.2, 0.25) is 0 Å². The summed E-state index contributed by atoms with van der Waals surface area (Å²) in [6.45, 7) is 3.87. The molecule has 0 saturated heterocycles. The number of hydrogen-bond acceptors (Lipinski definition) is 4. The van der Waals surface area contributed by atoms with Gasteiger partial charge in [-0.3, -0.25) is 14.3 Å². The number of nitrogens with zero attached hydrogens (tertiary/aromatic N) is 3. The van der Waals surface area contributed by atoms with E-state index in [-0.39, 0.29) is 12.5 Å². The first-order valence-electron chi connectivity index (χ1n) is 8.71. The highest BCUT2D eigenvalue weighted by Gasteiger charge is 2.20. The Morgan fingerprint density at radius 3 is 2.74 bits per heavy atom. The molecule has 7 heteroatoms. The van der Waals surface area contributed by atoms with Crippen molar-refractivity contribution in [3.8, 4) is 0 Å². The smallest absolute Gasteiger partial charge is 0.308 e. The fourth-order valence-corrected chi connectivity index (χ4v) is 3.12. The summed E-state index contributed by atoms with van der Waals surface area (Å²) in [7, 11) is 1.80. The lowest BCUT2D eigenvalue weighted by atomic mass is 9.98. The van der Waals surface area contributed by atoms with Gasteiger partial charge in [0.1, 0.15) is 0 Å². The maximum atomic E-state index is 12.5. The Bertz CT molecular complexity index is 1010. The highest BCUT2D eigenvalue weighted by molar-refractivity contribution is 5.97. The van der Waals surface area contributed by atoms with E-state index < -0.39 is 11.9 Å². The molecule has 0 aliphatic heterocycles. The van der Waals surface area contributed by atoms with Crippen molar-refractivity contribution in [2.75, 3.05) is 6.54 Å². The van der Waals surface area contributed by atoms with Crippen molar-refractivity contribution >= 4 is 22.9 Å². The molecule has 2 aromatic heterocycles. The van der Waals surface area contributed by atoms with Crippen molar-refractivity contribution < 1.29 is 14.7 Å². The molecule has 3 rings (SSSR count). The number of nitrogens with one attached hydrogen (secondary N) is 1. The van der Waals surface area contributed by atoms with Gasteiger partial charge < -0.3 is 10.4 Å². The van der Waals surface area contributed by atoms with Gasteiger partial charge in [0.25, 0.3) is 5.91 Å². The first kappa shape index (κ1) is 18.6. The fraction of sp³-hybridized carbons (Fsp3) is 0.300. The Hall–Kier alpha value is -3.22. The number of carbonyl (C=O) groups is 2. The topological polar surface area (TPSA) is 97.1 Å².